The highest BCUT2D eigenvalue weighted by Crippen LogP contribution is 2.39. The summed E-state index contributed by atoms with van der Waals surface area (Å²) in [6, 6.07) is 16.2. The van der Waals surface area contributed by atoms with E-state index in [-0.39, 0.29) is 35.8 Å². The maximum Gasteiger partial charge on any atom is 0.257 e. The Morgan fingerprint density at radius 3 is 2.27 bits per heavy atom. The lowest BCUT2D eigenvalue weighted by Crippen LogP contribution is -2.60. The first-order chi connectivity index (χ1) is 17.5. The van der Waals surface area contributed by atoms with Crippen LogP contribution in [0.2, 0.25) is 0 Å². The number of rotatable bonds is 5. The third kappa shape index (κ3) is 5.87. The van der Waals surface area contributed by atoms with Gasteiger partial charge in [-0.25, -0.2) is 0 Å². The van der Waals surface area contributed by atoms with Gasteiger partial charge in [-0.3, -0.25) is 19.3 Å². The molecular weight excluding hydrogens is 466 g/mol. The summed E-state index contributed by atoms with van der Waals surface area (Å²) in [5, 5.41) is 3.09. The predicted octanol–water partition coefficient (Wildman–Crippen LogP) is 4.47. The second-order valence-corrected chi connectivity index (χ2v) is 11.5. The van der Waals surface area contributed by atoms with Crippen LogP contribution in [-0.2, 0) is 14.3 Å². The van der Waals surface area contributed by atoms with E-state index >= 15 is 0 Å². The number of aryl methyl sites for hydroxylation is 1. The molecule has 0 radical (unpaired) electrons. The summed E-state index contributed by atoms with van der Waals surface area (Å²) in [6.07, 6.45) is 1.41. The molecule has 3 amide bonds. The standard InChI is InChI=1S/C30H39N3O4/c1-21-11-9-10-14-24(21)28(36)33-25(27(35)31-22(2)23-12-7-6-8-13-23)20-37-30(33)15-17-32(18-16-30)26(34)19-29(3,4)5/h6-14,22,25H,15-20H2,1-5H3,(H,31,35)/t22-,25+/m0/s1. The minimum absolute atomic E-state index is 0.0957. The van der Waals surface area contributed by atoms with E-state index in [9.17, 15) is 14.4 Å². The molecule has 1 N–H and O–H groups in total. The van der Waals surface area contributed by atoms with Gasteiger partial charge in [0.25, 0.3) is 5.91 Å². The number of ether oxygens (including phenoxy) is 1. The van der Waals surface area contributed by atoms with Gasteiger partial charge in [-0.15, -0.1) is 0 Å². The van der Waals surface area contributed by atoms with E-state index in [0.29, 0.717) is 37.9 Å². The Morgan fingerprint density at radius 2 is 1.65 bits per heavy atom. The maximum absolute atomic E-state index is 14.0. The molecule has 4 rings (SSSR count). The van der Waals surface area contributed by atoms with Crippen LogP contribution < -0.4 is 5.32 Å². The lowest BCUT2D eigenvalue weighted by molar-refractivity contribution is -0.145. The van der Waals surface area contributed by atoms with E-state index in [0.717, 1.165) is 11.1 Å². The number of nitrogens with zero attached hydrogens (tertiary/aromatic N) is 2. The van der Waals surface area contributed by atoms with Crippen LogP contribution in [0.1, 0.15) is 74.5 Å². The van der Waals surface area contributed by atoms with Crippen LogP contribution in [0.25, 0.3) is 0 Å². The van der Waals surface area contributed by atoms with Crippen LogP contribution in [0.15, 0.2) is 54.6 Å². The Kier molecular flexibility index (Phi) is 7.74. The van der Waals surface area contributed by atoms with Crippen molar-refractivity contribution < 1.29 is 19.1 Å². The number of nitrogens with one attached hydrogen (secondary N) is 1. The molecule has 198 valence electrons. The molecule has 2 aromatic rings. The van der Waals surface area contributed by atoms with Crippen molar-refractivity contribution in [3.63, 3.8) is 0 Å². The van der Waals surface area contributed by atoms with Gasteiger partial charge in [0.15, 0.2) is 0 Å². The summed E-state index contributed by atoms with van der Waals surface area (Å²) < 4.78 is 6.33. The molecule has 2 aliphatic rings. The van der Waals surface area contributed by atoms with Gasteiger partial charge in [0.05, 0.1) is 12.6 Å². The van der Waals surface area contributed by atoms with Crippen molar-refractivity contribution in [1.82, 2.24) is 15.1 Å². The Bertz CT molecular complexity index is 1130. The average molecular weight is 506 g/mol. The molecule has 0 saturated carbocycles. The number of likely N-dealkylation sites (tertiary alicyclic amines) is 1. The van der Waals surface area contributed by atoms with Crippen LogP contribution in [0.5, 0.6) is 0 Å². The highest BCUT2D eigenvalue weighted by atomic mass is 16.5. The van der Waals surface area contributed by atoms with Gasteiger partial charge in [0, 0.05) is 37.9 Å². The van der Waals surface area contributed by atoms with Crippen molar-refractivity contribution in [1.29, 1.82) is 0 Å². The van der Waals surface area contributed by atoms with E-state index < -0.39 is 11.8 Å². The molecule has 0 unspecified atom stereocenters. The molecule has 7 heteroatoms. The Labute approximate surface area is 220 Å². The second kappa shape index (κ2) is 10.7. The summed E-state index contributed by atoms with van der Waals surface area (Å²) in [6.45, 7) is 11.1. The smallest absolute Gasteiger partial charge is 0.257 e. The van der Waals surface area contributed by atoms with Gasteiger partial charge in [0.1, 0.15) is 11.8 Å². The summed E-state index contributed by atoms with van der Waals surface area (Å²) in [7, 11) is 0. The number of hydrogen-bond donors (Lipinski definition) is 1. The summed E-state index contributed by atoms with van der Waals surface area (Å²) in [5.41, 5.74) is 1.39. The van der Waals surface area contributed by atoms with Gasteiger partial charge in [-0.2, -0.15) is 0 Å². The van der Waals surface area contributed by atoms with E-state index in [1.54, 1.807) is 11.0 Å². The molecule has 2 aromatic carbocycles. The highest BCUT2D eigenvalue weighted by Gasteiger charge is 2.54. The van der Waals surface area contributed by atoms with Crippen molar-refractivity contribution in [2.75, 3.05) is 19.7 Å². The average Bonchev–Trinajstić information content (AvgIpc) is 3.22. The van der Waals surface area contributed by atoms with Gasteiger partial charge in [-0.1, -0.05) is 69.3 Å². The quantitative estimate of drug-likeness (QED) is 0.650. The van der Waals surface area contributed by atoms with E-state index in [1.807, 2.05) is 67.3 Å². The van der Waals surface area contributed by atoms with Crippen LogP contribution in [0.3, 0.4) is 0 Å². The zero-order valence-electron chi connectivity index (χ0n) is 22.6. The Morgan fingerprint density at radius 1 is 1.03 bits per heavy atom. The van der Waals surface area contributed by atoms with Gasteiger partial charge >= 0.3 is 0 Å². The van der Waals surface area contributed by atoms with E-state index in [2.05, 4.69) is 26.1 Å². The summed E-state index contributed by atoms with van der Waals surface area (Å²) in [5.74, 6) is -0.331. The molecule has 2 fully saturated rings. The maximum atomic E-state index is 14.0. The largest absolute Gasteiger partial charge is 0.353 e. The normalized spacial score (nSPS) is 20.1. The summed E-state index contributed by atoms with van der Waals surface area (Å²) in [4.78, 5) is 44.0. The number of amides is 3. The van der Waals surface area contributed by atoms with Gasteiger partial charge < -0.3 is 15.0 Å². The first kappa shape index (κ1) is 26.9. The summed E-state index contributed by atoms with van der Waals surface area (Å²) >= 11 is 0. The molecule has 0 bridgehead atoms. The first-order valence-corrected chi connectivity index (χ1v) is 13.2. The number of hydrogen-bond acceptors (Lipinski definition) is 4. The molecule has 0 aliphatic carbocycles. The Balaban J connectivity index is 1.58. The minimum atomic E-state index is -0.921. The van der Waals surface area contributed by atoms with Gasteiger partial charge in [-0.05, 0) is 36.5 Å². The third-order valence-corrected chi connectivity index (χ3v) is 7.39. The molecule has 0 aromatic heterocycles. The molecule has 2 aliphatic heterocycles. The molecular formula is C30H39N3O4. The minimum Gasteiger partial charge on any atom is -0.353 e. The molecule has 2 atom stereocenters. The predicted molar refractivity (Wildman–Crippen MR) is 143 cm³/mol. The molecule has 7 nitrogen and oxygen atoms in total. The topological polar surface area (TPSA) is 79.0 Å². The van der Waals surface area contributed by atoms with Crippen molar-refractivity contribution in [2.24, 2.45) is 5.41 Å². The fraction of sp³-hybridized carbons (Fsp3) is 0.500. The van der Waals surface area contributed by atoms with Crippen LogP contribution in [0.4, 0.5) is 0 Å². The van der Waals surface area contributed by atoms with Crippen LogP contribution >= 0.6 is 0 Å². The van der Waals surface area contributed by atoms with Crippen molar-refractivity contribution in [3.05, 3.63) is 71.3 Å². The number of piperidine rings is 1. The van der Waals surface area contributed by atoms with Crippen molar-refractivity contribution in [2.45, 2.75) is 71.7 Å². The molecule has 2 saturated heterocycles. The SMILES string of the molecule is Cc1ccccc1C(=O)N1[C@@H](C(=O)N[C@@H](C)c2ccccc2)COC12CCN(C(=O)CC(C)(C)C)CC2. The lowest BCUT2D eigenvalue weighted by atomic mass is 9.90. The van der Waals surface area contributed by atoms with E-state index in [1.165, 1.54) is 0 Å². The number of benzene rings is 2. The number of carbonyl (C=O) groups is 3. The van der Waals surface area contributed by atoms with Crippen LogP contribution in [-0.4, -0.2) is 59.0 Å². The zero-order chi connectivity index (χ0) is 26.8. The highest BCUT2D eigenvalue weighted by molar-refractivity contribution is 5.99. The monoisotopic (exact) mass is 505 g/mol. The van der Waals surface area contributed by atoms with Gasteiger partial charge in [0.2, 0.25) is 11.8 Å². The molecule has 2 heterocycles. The second-order valence-electron chi connectivity index (χ2n) is 11.5. The van der Waals surface area contributed by atoms with Crippen LogP contribution in [0, 0.1) is 12.3 Å². The third-order valence-electron chi connectivity index (χ3n) is 7.39. The fourth-order valence-corrected chi connectivity index (χ4v) is 5.32. The van der Waals surface area contributed by atoms with Crippen molar-refractivity contribution >= 4 is 17.7 Å². The molecule has 37 heavy (non-hydrogen) atoms. The molecule has 1 spiro atoms. The van der Waals surface area contributed by atoms with E-state index in [4.69, 9.17) is 4.74 Å². The van der Waals surface area contributed by atoms with Crippen molar-refractivity contribution in [3.8, 4) is 0 Å². The lowest BCUT2D eigenvalue weighted by Gasteiger charge is -2.45. The number of carbonyl (C=O) groups excluding carboxylic acids is 3. The zero-order valence-corrected chi connectivity index (χ0v) is 22.6. The Hall–Kier alpha value is -3.19. The first-order valence-electron chi connectivity index (χ1n) is 13.2. The fourth-order valence-electron chi connectivity index (χ4n) is 5.32.